The van der Waals surface area contributed by atoms with Gasteiger partial charge in [0, 0.05) is 22.0 Å². The summed E-state index contributed by atoms with van der Waals surface area (Å²) in [4.78, 5) is 13.0. The van der Waals surface area contributed by atoms with E-state index in [9.17, 15) is 13.2 Å². The number of carbonyl (C=O) groups excluding carboxylic acids is 1. The van der Waals surface area contributed by atoms with Crippen molar-refractivity contribution < 1.29 is 13.2 Å². The summed E-state index contributed by atoms with van der Waals surface area (Å²) in [5.74, 6) is -0.587. The molecular formula is C29H28Cl2N4O3S. The fourth-order valence-electron chi connectivity index (χ4n) is 4.20. The molecule has 39 heavy (non-hydrogen) atoms. The Hall–Kier alpha value is -3.59. The van der Waals surface area contributed by atoms with Crippen LogP contribution in [0.1, 0.15) is 28.1 Å². The number of rotatable bonds is 8. The molecule has 10 heteroatoms. The molecule has 1 heterocycles. The fourth-order valence-corrected chi connectivity index (χ4v) is 6.00. The van der Waals surface area contributed by atoms with Crippen molar-refractivity contribution >= 4 is 51.0 Å². The van der Waals surface area contributed by atoms with Gasteiger partial charge in [-0.15, -0.1) is 0 Å². The summed E-state index contributed by atoms with van der Waals surface area (Å²) in [5.41, 5.74) is 8.02. The van der Waals surface area contributed by atoms with Crippen molar-refractivity contribution in [3.05, 3.63) is 111 Å². The van der Waals surface area contributed by atoms with Crippen molar-refractivity contribution in [3.8, 4) is 5.69 Å². The molecule has 0 saturated carbocycles. The number of aryl methyl sites for hydroxylation is 3. The van der Waals surface area contributed by atoms with Crippen LogP contribution in [0.25, 0.3) is 5.69 Å². The zero-order chi connectivity index (χ0) is 28.3. The number of hydrogen-bond donors (Lipinski definition) is 1. The Morgan fingerprint density at radius 1 is 0.949 bits per heavy atom. The van der Waals surface area contributed by atoms with Crippen molar-refractivity contribution in [2.75, 3.05) is 10.8 Å². The molecule has 1 aromatic heterocycles. The maximum Gasteiger partial charge on any atom is 0.264 e. The first-order chi connectivity index (χ1) is 18.5. The van der Waals surface area contributed by atoms with E-state index in [1.54, 1.807) is 48.5 Å². The SMILES string of the molecule is Cc1ccc(N(CC(=O)N/N=C\c2cc(C)n(-c3cc(Cl)ccc3Cl)c2C)S(=O)(=O)c2ccccc2)cc1C. The molecule has 4 aromatic rings. The van der Waals surface area contributed by atoms with Gasteiger partial charge in [-0.25, -0.2) is 13.8 Å². The molecule has 0 spiro atoms. The van der Waals surface area contributed by atoms with Crippen LogP contribution in [0, 0.1) is 27.7 Å². The third-order valence-corrected chi connectivity index (χ3v) is 8.75. The van der Waals surface area contributed by atoms with E-state index < -0.39 is 22.5 Å². The van der Waals surface area contributed by atoms with Gasteiger partial charge in [-0.2, -0.15) is 5.10 Å². The van der Waals surface area contributed by atoms with E-state index in [0.717, 1.165) is 38.1 Å². The number of benzene rings is 3. The molecule has 0 bridgehead atoms. The first kappa shape index (κ1) is 28.4. The first-order valence-electron chi connectivity index (χ1n) is 12.1. The molecule has 0 fully saturated rings. The molecule has 0 aliphatic rings. The van der Waals surface area contributed by atoms with Crippen LogP contribution in [-0.2, 0) is 14.8 Å². The molecule has 0 aliphatic carbocycles. The summed E-state index contributed by atoms with van der Waals surface area (Å²) in [6.07, 6.45) is 1.52. The second-order valence-corrected chi connectivity index (χ2v) is 11.9. The zero-order valence-electron chi connectivity index (χ0n) is 21.9. The number of sulfonamides is 1. The van der Waals surface area contributed by atoms with Crippen LogP contribution in [0.3, 0.4) is 0 Å². The van der Waals surface area contributed by atoms with Crippen molar-refractivity contribution in [2.45, 2.75) is 32.6 Å². The Morgan fingerprint density at radius 3 is 2.36 bits per heavy atom. The number of aromatic nitrogens is 1. The van der Waals surface area contributed by atoms with Crippen LogP contribution in [0.4, 0.5) is 5.69 Å². The topological polar surface area (TPSA) is 83.8 Å². The molecule has 3 aromatic carbocycles. The summed E-state index contributed by atoms with van der Waals surface area (Å²) in [5, 5.41) is 5.21. The van der Waals surface area contributed by atoms with Crippen LogP contribution < -0.4 is 9.73 Å². The molecular weight excluding hydrogens is 555 g/mol. The highest BCUT2D eigenvalue weighted by Crippen LogP contribution is 2.29. The number of hydrogen-bond acceptors (Lipinski definition) is 4. The fraction of sp³-hybridized carbons (Fsp3) is 0.172. The Kier molecular flexibility index (Phi) is 8.49. The summed E-state index contributed by atoms with van der Waals surface area (Å²) >= 11 is 12.6. The van der Waals surface area contributed by atoms with E-state index in [2.05, 4.69) is 10.5 Å². The van der Waals surface area contributed by atoms with Crippen LogP contribution in [0.5, 0.6) is 0 Å². The summed E-state index contributed by atoms with van der Waals surface area (Å²) in [6, 6.07) is 20.4. The number of carbonyl (C=O) groups is 1. The minimum atomic E-state index is -4.01. The molecule has 1 amide bonds. The van der Waals surface area contributed by atoms with Gasteiger partial charge in [0.2, 0.25) is 0 Å². The van der Waals surface area contributed by atoms with Gasteiger partial charge in [0.25, 0.3) is 15.9 Å². The number of hydrazone groups is 1. The van der Waals surface area contributed by atoms with Crippen LogP contribution in [0.2, 0.25) is 10.0 Å². The minimum absolute atomic E-state index is 0.0895. The predicted octanol–water partition coefficient (Wildman–Crippen LogP) is 6.36. The average Bonchev–Trinajstić information content (AvgIpc) is 3.18. The van der Waals surface area contributed by atoms with Gasteiger partial charge in [-0.05, 0) is 87.4 Å². The number of anilines is 1. The van der Waals surface area contributed by atoms with Crippen molar-refractivity contribution in [1.29, 1.82) is 0 Å². The normalized spacial score (nSPS) is 11.6. The third kappa shape index (κ3) is 6.19. The van der Waals surface area contributed by atoms with Gasteiger partial charge in [-0.1, -0.05) is 47.5 Å². The van der Waals surface area contributed by atoms with Gasteiger partial charge in [0.15, 0.2) is 0 Å². The van der Waals surface area contributed by atoms with Gasteiger partial charge >= 0.3 is 0 Å². The van der Waals surface area contributed by atoms with E-state index in [-0.39, 0.29) is 4.90 Å². The summed E-state index contributed by atoms with van der Waals surface area (Å²) < 4.78 is 30.1. The molecule has 7 nitrogen and oxygen atoms in total. The molecule has 0 radical (unpaired) electrons. The van der Waals surface area contributed by atoms with Gasteiger partial charge in [0.1, 0.15) is 6.54 Å². The lowest BCUT2D eigenvalue weighted by Gasteiger charge is -2.24. The van der Waals surface area contributed by atoms with E-state index >= 15 is 0 Å². The monoisotopic (exact) mass is 582 g/mol. The van der Waals surface area contributed by atoms with E-state index in [1.165, 1.54) is 18.3 Å². The molecule has 0 atom stereocenters. The van der Waals surface area contributed by atoms with E-state index in [0.29, 0.717) is 15.7 Å². The predicted molar refractivity (Wildman–Crippen MR) is 158 cm³/mol. The van der Waals surface area contributed by atoms with Crippen molar-refractivity contribution in [2.24, 2.45) is 5.10 Å². The minimum Gasteiger partial charge on any atom is -0.316 e. The van der Waals surface area contributed by atoms with E-state index in [4.69, 9.17) is 23.2 Å². The number of amides is 1. The molecule has 1 N–H and O–H groups in total. The smallest absolute Gasteiger partial charge is 0.264 e. The largest absolute Gasteiger partial charge is 0.316 e. The average molecular weight is 584 g/mol. The van der Waals surface area contributed by atoms with Crippen molar-refractivity contribution in [3.63, 3.8) is 0 Å². The van der Waals surface area contributed by atoms with Crippen LogP contribution in [0.15, 0.2) is 82.8 Å². The van der Waals surface area contributed by atoms with Gasteiger partial charge in [0.05, 0.1) is 27.5 Å². The van der Waals surface area contributed by atoms with E-state index in [1.807, 2.05) is 44.4 Å². The third-order valence-electron chi connectivity index (χ3n) is 6.41. The Labute approximate surface area is 238 Å². The lowest BCUT2D eigenvalue weighted by atomic mass is 10.1. The van der Waals surface area contributed by atoms with Crippen LogP contribution >= 0.6 is 23.2 Å². The lowest BCUT2D eigenvalue weighted by Crippen LogP contribution is -2.39. The van der Waals surface area contributed by atoms with Gasteiger partial charge in [-0.3, -0.25) is 9.10 Å². The number of nitrogens with zero attached hydrogens (tertiary/aromatic N) is 3. The quantitative estimate of drug-likeness (QED) is 0.194. The number of nitrogens with one attached hydrogen (secondary N) is 1. The maximum atomic E-state index is 13.5. The molecule has 0 saturated heterocycles. The zero-order valence-corrected chi connectivity index (χ0v) is 24.3. The number of halogens is 2. The second kappa shape index (κ2) is 11.7. The second-order valence-electron chi connectivity index (χ2n) is 9.14. The molecule has 202 valence electrons. The maximum absolute atomic E-state index is 13.5. The highest BCUT2D eigenvalue weighted by Gasteiger charge is 2.27. The Balaban J connectivity index is 1.58. The van der Waals surface area contributed by atoms with Gasteiger partial charge < -0.3 is 4.57 Å². The standard InChI is InChI=1S/C29H28Cl2N4O3S/c1-19-10-12-25(14-20(19)2)34(39(37,38)26-8-6-5-7-9-26)18-29(36)33-32-17-23-15-21(3)35(22(23)4)28-16-24(30)11-13-27(28)31/h5-17H,18H2,1-4H3,(H,33,36)/b32-17-. The first-order valence-corrected chi connectivity index (χ1v) is 14.3. The Bertz CT molecular complexity index is 1670. The van der Waals surface area contributed by atoms with Crippen molar-refractivity contribution in [1.82, 2.24) is 9.99 Å². The molecule has 4 rings (SSSR count). The lowest BCUT2D eigenvalue weighted by molar-refractivity contribution is -0.119. The highest BCUT2D eigenvalue weighted by atomic mass is 35.5. The summed E-state index contributed by atoms with van der Waals surface area (Å²) in [7, 11) is -4.01. The highest BCUT2D eigenvalue weighted by molar-refractivity contribution is 7.92. The molecule has 0 unspecified atom stereocenters. The van der Waals surface area contributed by atoms with Crippen LogP contribution in [-0.4, -0.2) is 31.7 Å². The Morgan fingerprint density at radius 2 is 1.67 bits per heavy atom. The summed E-state index contributed by atoms with van der Waals surface area (Å²) in [6.45, 7) is 7.21. The molecule has 0 aliphatic heterocycles.